The Bertz CT molecular complexity index is 1210. The number of hydrogen-bond donors (Lipinski definition) is 3. The Morgan fingerprint density at radius 3 is 2.69 bits per heavy atom. The molecule has 1 aromatic carbocycles. The Balaban J connectivity index is 1.44. The minimum atomic E-state index is -0.742. The van der Waals surface area contributed by atoms with Gasteiger partial charge in [0.1, 0.15) is 6.23 Å². The number of nitrogens with one attached hydrogen (secondary N) is 2. The summed E-state index contributed by atoms with van der Waals surface area (Å²) in [7, 11) is 4.01. The van der Waals surface area contributed by atoms with Crippen molar-refractivity contribution in [1.82, 2.24) is 29.7 Å². The monoisotopic (exact) mass is 493 g/mol. The molecule has 2 unspecified atom stereocenters. The SMILES string of the molecule is CCOC(=O)N1CC=C(c2cccn3nc(Nc4ccc(C(O)NC(C)CN(C)C)cc4)nc23)CC1. The van der Waals surface area contributed by atoms with Crippen LogP contribution in [0.5, 0.6) is 0 Å². The molecule has 2 atom stereocenters. The molecule has 3 aromatic rings. The normalized spacial score (nSPS) is 15.6. The summed E-state index contributed by atoms with van der Waals surface area (Å²) >= 11 is 0. The molecule has 10 nitrogen and oxygen atoms in total. The second-order valence-corrected chi connectivity index (χ2v) is 9.23. The van der Waals surface area contributed by atoms with Crippen LogP contribution in [0, 0.1) is 0 Å². The molecule has 0 fully saturated rings. The summed E-state index contributed by atoms with van der Waals surface area (Å²) in [6, 6.07) is 11.7. The number of fused-ring (bicyclic) bond motifs is 1. The van der Waals surface area contributed by atoms with Crippen LogP contribution >= 0.6 is 0 Å². The summed E-state index contributed by atoms with van der Waals surface area (Å²) in [5, 5.41) is 21.5. The van der Waals surface area contributed by atoms with E-state index in [4.69, 9.17) is 9.72 Å². The van der Waals surface area contributed by atoms with Gasteiger partial charge in [-0.2, -0.15) is 4.98 Å². The molecule has 0 spiro atoms. The number of amides is 1. The number of rotatable bonds is 9. The third kappa shape index (κ3) is 6.20. The average molecular weight is 494 g/mol. The van der Waals surface area contributed by atoms with Crippen molar-refractivity contribution < 1.29 is 14.6 Å². The second kappa shape index (κ2) is 11.5. The number of aromatic nitrogens is 3. The molecule has 4 rings (SSSR count). The van der Waals surface area contributed by atoms with Gasteiger partial charge < -0.3 is 25.0 Å². The van der Waals surface area contributed by atoms with Crippen LogP contribution in [-0.4, -0.2) is 82.0 Å². The first kappa shape index (κ1) is 25.6. The number of hydrogen-bond acceptors (Lipinski definition) is 8. The number of anilines is 2. The Morgan fingerprint density at radius 1 is 1.25 bits per heavy atom. The van der Waals surface area contributed by atoms with Gasteiger partial charge >= 0.3 is 6.09 Å². The summed E-state index contributed by atoms with van der Waals surface area (Å²) in [6.07, 6.45) is 3.62. The lowest BCUT2D eigenvalue weighted by atomic mass is 10.0. The summed E-state index contributed by atoms with van der Waals surface area (Å²) in [5.74, 6) is 0.484. The molecule has 3 heterocycles. The summed E-state index contributed by atoms with van der Waals surface area (Å²) < 4.78 is 6.86. The maximum Gasteiger partial charge on any atom is 0.410 e. The molecule has 192 valence electrons. The Morgan fingerprint density at radius 2 is 2.03 bits per heavy atom. The van der Waals surface area contributed by atoms with Gasteiger partial charge in [-0.3, -0.25) is 5.32 Å². The van der Waals surface area contributed by atoms with Crippen LogP contribution in [0.15, 0.2) is 48.7 Å². The highest BCUT2D eigenvalue weighted by molar-refractivity contribution is 5.79. The zero-order valence-electron chi connectivity index (χ0n) is 21.3. The second-order valence-electron chi connectivity index (χ2n) is 9.23. The van der Waals surface area contributed by atoms with Crippen LogP contribution in [-0.2, 0) is 4.74 Å². The summed E-state index contributed by atoms with van der Waals surface area (Å²) in [6.45, 7) is 6.17. The molecule has 0 bridgehead atoms. The molecule has 0 saturated carbocycles. The maximum atomic E-state index is 12.0. The number of aliphatic hydroxyl groups is 1. The van der Waals surface area contributed by atoms with Crippen molar-refractivity contribution in [1.29, 1.82) is 0 Å². The Labute approximate surface area is 211 Å². The molecule has 0 saturated heterocycles. The Hall–Kier alpha value is -3.47. The summed E-state index contributed by atoms with van der Waals surface area (Å²) in [4.78, 5) is 20.5. The van der Waals surface area contributed by atoms with Crippen molar-refractivity contribution in [3.05, 3.63) is 59.8 Å². The number of pyridine rings is 1. The zero-order valence-corrected chi connectivity index (χ0v) is 21.3. The van der Waals surface area contributed by atoms with E-state index in [1.807, 2.05) is 70.5 Å². The summed E-state index contributed by atoms with van der Waals surface area (Å²) in [5.41, 5.74) is 4.50. The van der Waals surface area contributed by atoms with Gasteiger partial charge in [-0.15, -0.1) is 5.10 Å². The van der Waals surface area contributed by atoms with Crippen molar-refractivity contribution in [2.45, 2.75) is 32.5 Å². The first-order valence-electron chi connectivity index (χ1n) is 12.3. The highest BCUT2D eigenvalue weighted by Crippen LogP contribution is 2.27. The lowest BCUT2D eigenvalue weighted by molar-refractivity contribution is 0.111. The van der Waals surface area contributed by atoms with Gasteiger partial charge in [-0.05, 0) is 69.8 Å². The minimum Gasteiger partial charge on any atom is -0.450 e. The van der Waals surface area contributed by atoms with Crippen molar-refractivity contribution in [3.63, 3.8) is 0 Å². The third-order valence-corrected chi connectivity index (χ3v) is 6.01. The average Bonchev–Trinajstić information content (AvgIpc) is 3.26. The zero-order chi connectivity index (χ0) is 25.7. The molecule has 0 radical (unpaired) electrons. The minimum absolute atomic E-state index is 0.150. The largest absolute Gasteiger partial charge is 0.450 e. The first-order valence-corrected chi connectivity index (χ1v) is 12.3. The molecule has 1 aliphatic rings. The molecular formula is C26H35N7O3. The quantitative estimate of drug-likeness (QED) is 0.390. The van der Waals surface area contributed by atoms with E-state index in [1.54, 1.807) is 9.42 Å². The Kier molecular flexibility index (Phi) is 8.19. The lowest BCUT2D eigenvalue weighted by Gasteiger charge is -2.25. The van der Waals surface area contributed by atoms with Crippen molar-refractivity contribution in [2.75, 3.05) is 45.7 Å². The topological polar surface area (TPSA) is 107 Å². The van der Waals surface area contributed by atoms with E-state index in [9.17, 15) is 9.90 Å². The number of benzene rings is 1. The molecule has 10 heteroatoms. The smallest absolute Gasteiger partial charge is 0.410 e. The molecular weight excluding hydrogens is 458 g/mol. The van der Waals surface area contributed by atoms with Crippen LogP contribution < -0.4 is 10.6 Å². The van der Waals surface area contributed by atoms with E-state index < -0.39 is 6.23 Å². The fraction of sp³-hybridized carbons (Fsp3) is 0.423. The predicted octanol–water partition coefficient (Wildman–Crippen LogP) is 3.25. The number of likely N-dealkylation sites (N-methyl/N-ethyl adjacent to an activating group) is 1. The van der Waals surface area contributed by atoms with Crippen LogP contribution in [0.3, 0.4) is 0 Å². The molecule has 3 N–H and O–H groups in total. The van der Waals surface area contributed by atoms with Crippen molar-refractivity contribution >= 4 is 28.9 Å². The standard InChI is InChI=1S/C26H35N7O3/c1-5-36-26(35)32-15-12-19(13-16-32)22-7-6-14-33-23(22)29-25(30-33)28-21-10-8-20(9-11-21)24(34)27-18(2)17-31(3)4/h6-12,14,18,24,27,34H,5,13,15-17H2,1-4H3,(H,28,30). The third-order valence-electron chi connectivity index (χ3n) is 6.01. The molecule has 1 amide bonds. The van der Waals surface area contributed by atoms with Crippen molar-refractivity contribution in [3.8, 4) is 0 Å². The van der Waals surface area contributed by atoms with E-state index in [1.165, 1.54) is 0 Å². The number of carbonyl (C=O) groups is 1. The van der Waals surface area contributed by atoms with Crippen LogP contribution in [0.1, 0.15) is 37.6 Å². The van der Waals surface area contributed by atoms with Gasteiger partial charge in [0.05, 0.1) is 6.61 Å². The van der Waals surface area contributed by atoms with Crippen LogP contribution in [0.4, 0.5) is 16.4 Å². The van der Waals surface area contributed by atoms with Crippen LogP contribution in [0.25, 0.3) is 11.2 Å². The number of ether oxygens (including phenoxy) is 1. The highest BCUT2D eigenvalue weighted by atomic mass is 16.6. The van der Waals surface area contributed by atoms with E-state index >= 15 is 0 Å². The number of carbonyl (C=O) groups excluding carboxylic acids is 1. The van der Waals surface area contributed by atoms with Gasteiger partial charge in [0.25, 0.3) is 0 Å². The highest BCUT2D eigenvalue weighted by Gasteiger charge is 2.21. The molecule has 1 aliphatic heterocycles. The van der Waals surface area contributed by atoms with Crippen LogP contribution in [0.2, 0.25) is 0 Å². The fourth-order valence-electron chi connectivity index (χ4n) is 4.35. The fourth-order valence-corrected chi connectivity index (χ4v) is 4.35. The van der Waals surface area contributed by atoms with E-state index in [0.717, 1.165) is 41.0 Å². The first-order chi connectivity index (χ1) is 17.3. The van der Waals surface area contributed by atoms with E-state index in [2.05, 4.69) is 26.7 Å². The van der Waals surface area contributed by atoms with Gasteiger partial charge in [0.15, 0.2) is 5.65 Å². The molecule has 0 aliphatic carbocycles. The molecule has 2 aromatic heterocycles. The maximum absolute atomic E-state index is 12.0. The van der Waals surface area contributed by atoms with Crippen molar-refractivity contribution in [2.24, 2.45) is 0 Å². The van der Waals surface area contributed by atoms with Gasteiger partial charge in [0.2, 0.25) is 5.95 Å². The lowest BCUT2D eigenvalue weighted by Crippen LogP contribution is -2.38. The molecule has 36 heavy (non-hydrogen) atoms. The van der Waals surface area contributed by atoms with E-state index in [-0.39, 0.29) is 12.1 Å². The van der Waals surface area contributed by atoms with Gasteiger partial charge in [-0.25, -0.2) is 9.31 Å². The predicted molar refractivity (Wildman–Crippen MR) is 140 cm³/mol. The number of nitrogens with zero attached hydrogens (tertiary/aromatic N) is 5. The van der Waals surface area contributed by atoms with Gasteiger partial charge in [0, 0.05) is 43.1 Å². The van der Waals surface area contributed by atoms with Gasteiger partial charge in [-0.1, -0.05) is 18.2 Å². The van der Waals surface area contributed by atoms with E-state index in [0.29, 0.717) is 25.6 Å². The number of aliphatic hydroxyl groups excluding tert-OH is 1.